The van der Waals surface area contributed by atoms with Crippen LogP contribution in [0, 0.1) is 0 Å². The van der Waals surface area contributed by atoms with Gasteiger partial charge in [-0.25, -0.2) is 4.79 Å². The Kier molecular flexibility index (Phi) is 4.27. The fourth-order valence-electron chi connectivity index (χ4n) is 1.78. The summed E-state index contributed by atoms with van der Waals surface area (Å²) >= 11 is 0. The minimum absolute atomic E-state index is 0.0876. The minimum atomic E-state index is -1.12. The zero-order valence-corrected chi connectivity index (χ0v) is 10.9. The van der Waals surface area contributed by atoms with Gasteiger partial charge in [0, 0.05) is 24.3 Å². The van der Waals surface area contributed by atoms with E-state index in [0.717, 1.165) is 10.9 Å². The van der Waals surface area contributed by atoms with Gasteiger partial charge >= 0.3 is 5.97 Å². The van der Waals surface area contributed by atoms with Crippen LogP contribution in [0.1, 0.15) is 10.4 Å². The van der Waals surface area contributed by atoms with Gasteiger partial charge in [-0.2, -0.15) is 0 Å². The standard InChI is InChI=1S/C14H14N2O4/c1-20-12(14(18)19)8-16-13(17)10-4-5-11-9(7-10)3-2-6-15-11/h2-7,12H,8H2,1H3,(H,16,17)(H,18,19). The monoisotopic (exact) mass is 274 g/mol. The third kappa shape index (κ3) is 3.10. The maximum absolute atomic E-state index is 12.0. The van der Waals surface area contributed by atoms with E-state index in [4.69, 9.17) is 9.84 Å². The van der Waals surface area contributed by atoms with Crippen molar-refractivity contribution in [3.05, 3.63) is 42.1 Å². The normalized spacial score (nSPS) is 12.1. The summed E-state index contributed by atoms with van der Waals surface area (Å²) in [5.74, 6) is -1.46. The Balaban J connectivity index is 2.09. The van der Waals surface area contributed by atoms with Crippen LogP contribution in [0.4, 0.5) is 0 Å². The smallest absolute Gasteiger partial charge is 0.334 e. The van der Waals surface area contributed by atoms with Gasteiger partial charge in [0.05, 0.1) is 12.1 Å². The van der Waals surface area contributed by atoms with Crippen LogP contribution in [0.5, 0.6) is 0 Å². The zero-order valence-electron chi connectivity index (χ0n) is 10.9. The molecule has 0 bridgehead atoms. The second-order valence-electron chi connectivity index (χ2n) is 4.18. The number of methoxy groups -OCH3 is 1. The highest BCUT2D eigenvalue weighted by atomic mass is 16.5. The van der Waals surface area contributed by atoms with Crippen molar-refractivity contribution in [3.8, 4) is 0 Å². The molecule has 0 saturated carbocycles. The predicted octanol–water partition coefficient (Wildman–Crippen LogP) is 1.06. The number of nitrogens with zero attached hydrogens (tertiary/aromatic N) is 1. The maximum Gasteiger partial charge on any atom is 0.334 e. The quantitative estimate of drug-likeness (QED) is 0.851. The van der Waals surface area contributed by atoms with E-state index in [1.165, 1.54) is 7.11 Å². The van der Waals surface area contributed by atoms with Gasteiger partial charge in [-0.15, -0.1) is 0 Å². The molecule has 0 radical (unpaired) electrons. The molecule has 0 fully saturated rings. The third-order valence-corrected chi connectivity index (χ3v) is 2.87. The van der Waals surface area contributed by atoms with Crippen LogP contribution in [0.3, 0.4) is 0 Å². The number of ether oxygens (including phenoxy) is 1. The molecule has 2 aromatic rings. The van der Waals surface area contributed by atoms with Gasteiger partial charge in [-0.05, 0) is 24.3 Å². The van der Waals surface area contributed by atoms with E-state index >= 15 is 0 Å². The molecular weight excluding hydrogens is 260 g/mol. The number of pyridine rings is 1. The molecule has 1 unspecified atom stereocenters. The summed E-state index contributed by atoms with van der Waals surface area (Å²) in [5.41, 5.74) is 1.25. The molecule has 1 aromatic carbocycles. The van der Waals surface area contributed by atoms with E-state index in [-0.39, 0.29) is 12.5 Å². The van der Waals surface area contributed by atoms with Crippen molar-refractivity contribution >= 4 is 22.8 Å². The highest BCUT2D eigenvalue weighted by molar-refractivity contribution is 5.98. The number of hydrogen-bond donors (Lipinski definition) is 2. The third-order valence-electron chi connectivity index (χ3n) is 2.87. The summed E-state index contributed by atoms with van der Waals surface area (Å²) in [4.78, 5) is 26.9. The number of carboxylic acids is 1. The number of nitrogens with one attached hydrogen (secondary N) is 1. The Morgan fingerprint density at radius 3 is 2.90 bits per heavy atom. The van der Waals surface area contributed by atoms with Crippen LogP contribution in [-0.2, 0) is 9.53 Å². The number of carbonyl (C=O) groups is 2. The van der Waals surface area contributed by atoms with Crippen molar-refractivity contribution in [2.75, 3.05) is 13.7 Å². The molecule has 0 spiro atoms. The van der Waals surface area contributed by atoms with Crippen molar-refractivity contribution in [2.24, 2.45) is 0 Å². The number of rotatable bonds is 5. The summed E-state index contributed by atoms with van der Waals surface area (Å²) in [5, 5.41) is 12.2. The summed E-state index contributed by atoms with van der Waals surface area (Å²) in [6.07, 6.45) is 0.624. The molecule has 0 aliphatic heterocycles. The fraction of sp³-hybridized carbons (Fsp3) is 0.214. The second kappa shape index (κ2) is 6.12. The number of aromatic nitrogens is 1. The lowest BCUT2D eigenvalue weighted by Gasteiger charge is -2.11. The van der Waals surface area contributed by atoms with Crippen LogP contribution in [-0.4, -0.2) is 41.7 Å². The first-order valence-electron chi connectivity index (χ1n) is 6.00. The van der Waals surface area contributed by atoms with Crippen LogP contribution in [0.15, 0.2) is 36.5 Å². The van der Waals surface area contributed by atoms with Gasteiger partial charge in [0.15, 0.2) is 6.10 Å². The number of carboxylic acid groups (broad SMARTS) is 1. The topological polar surface area (TPSA) is 88.5 Å². The van der Waals surface area contributed by atoms with Crippen LogP contribution < -0.4 is 5.32 Å². The number of amides is 1. The Morgan fingerprint density at radius 1 is 1.40 bits per heavy atom. The molecular formula is C14H14N2O4. The second-order valence-corrected chi connectivity index (χ2v) is 4.18. The first-order valence-corrected chi connectivity index (χ1v) is 6.00. The number of fused-ring (bicyclic) bond motifs is 1. The molecule has 6 nitrogen and oxygen atoms in total. The van der Waals surface area contributed by atoms with Gasteiger partial charge in [-0.3, -0.25) is 9.78 Å². The van der Waals surface area contributed by atoms with Gasteiger partial charge in [0.1, 0.15) is 0 Å². The number of aliphatic carboxylic acids is 1. The maximum atomic E-state index is 12.0. The number of benzene rings is 1. The fourth-order valence-corrected chi connectivity index (χ4v) is 1.78. The molecule has 1 heterocycles. The lowest BCUT2D eigenvalue weighted by Crippen LogP contribution is -2.37. The zero-order chi connectivity index (χ0) is 14.5. The van der Waals surface area contributed by atoms with Gasteiger partial charge in [0.25, 0.3) is 5.91 Å². The van der Waals surface area contributed by atoms with Crippen LogP contribution >= 0.6 is 0 Å². The predicted molar refractivity (Wildman–Crippen MR) is 72.5 cm³/mol. The van der Waals surface area contributed by atoms with E-state index in [1.807, 2.05) is 6.07 Å². The van der Waals surface area contributed by atoms with E-state index in [2.05, 4.69) is 10.3 Å². The molecule has 0 saturated heterocycles. The summed E-state index contributed by atoms with van der Waals surface area (Å²) in [6, 6.07) is 8.74. The molecule has 1 aromatic heterocycles. The Morgan fingerprint density at radius 2 is 2.20 bits per heavy atom. The Labute approximate surface area is 115 Å². The van der Waals surface area contributed by atoms with Crippen molar-refractivity contribution in [3.63, 3.8) is 0 Å². The minimum Gasteiger partial charge on any atom is -0.479 e. The van der Waals surface area contributed by atoms with Gasteiger partial charge < -0.3 is 15.2 Å². The first kappa shape index (κ1) is 14.0. The van der Waals surface area contributed by atoms with Crippen molar-refractivity contribution < 1.29 is 19.4 Å². The van der Waals surface area contributed by atoms with Crippen molar-refractivity contribution in [2.45, 2.75) is 6.10 Å². The molecule has 6 heteroatoms. The molecule has 20 heavy (non-hydrogen) atoms. The molecule has 1 atom stereocenters. The van der Waals surface area contributed by atoms with Crippen molar-refractivity contribution in [1.82, 2.24) is 10.3 Å². The lowest BCUT2D eigenvalue weighted by molar-refractivity contribution is -0.148. The Bertz CT molecular complexity index is 642. The summed E-state index contributed by atoms with van der Waals surface area (Å²) < 4.78 is 4.74. The SMILES string of the molecule is COC(CNC(=O)c1ccc2ncccc2c1)C(=O)O. The molecule has 104 valence electrons. The van der Waals surface area contributed by atoms with E-state index in [9.17, 15) is 9.59 Å². The van der Waals surface area contributed by atoms with Gasteiger partial charge in [-0.1, -0.05) is 6.07 Å². The van der Waals surface area contributed by atoms with E-state index in [1.54, 1.807) is 30.5 Å². The number of hydrogen-bond acceptors (Lipinski definition) is 4. The van der Waals surface area contributed by atoms with Gasteiger partial charge in [0.2, 0.25) is 0 Å². The first-order chi connectivity index (χ1) is 9.61. The van der Waals surface area contributed by atoms with E-state index < -0.39 is 12.1 Å². The highest BCUT2D eigenvalue weighted by Gasteiger charge is 2.17. The molecule has 1 amide bonds. The molecule has 0 aliphatic rings. The molecule has 2 rings (SSSR count). The average Bonchev–Trinajstić information content (AvgIpc) is 2.46. The largest absolute Gasteiger partial charge is 0.479 e. The average molecular weight is 274 g/mol. The highest BCUT2D eigenvalue weighted by Crippen LogP contribution is 2.13. The molecule has 2 N–H and O–H groups in total. The van der Waals surface area contributed by atoms with E-state index in [0.29, 0.717) is 5.56 Å². The summed E-state index contributed by atoms with van der Waals surface area (Å²) in [6.45, 7) is -0.0876. The molecule has 0 aliphatic carbocycles. The van der Waals surface area contributed by atoms with Crippen LogP contribution in [0.2, 0.25) is 0 Å². The van der Waals surface area contributed by atoms with Crippen molar-refractivity contribution in [1.29, 1.82) is 0 Å². The Hall–Kier alpha value is -2.47. The summed E-state index contributed by atoms with van der Waals surface area (Å²) in [7, 11) is 1.28. The number of carbonyl (C=O) groups excluding carboxylic acids is 1. The lowest BCUT2D eigenvalue weighted by atomic mass is 10.1. The van der Waals surface area contributed by atoms with Crippen LogP contribution in [0.25, 0.3) is 10.9 Å².